The van der Waals surface area contributed by atoms with Gasteiger partial charge in [-0.3, -0.25) is 0 Å². The Hall–Kier alpha value is -1.76. The van der Waals surface area contributed by atoms with E-state index in [2.05, 4.69) is 4.72 Å². The lowest BCUT2D eigenvalue weighted by Gasteiger charge is -2.17. The lowest BCUT2D eigenvalue weighted by molar-refractivity contribution is 0.547. The SMILES string of the molecule is NCC(Cc1ccccc1)NS(=O)(=O)c1ccc(F)cc1. The highest BCUT2D eigenvalue weighted by atomic mass is 32.2. The van der Waals surface area contributed by atoms with Crippen molar-refractivity contribution in [2.75, 3.05) is 6.54 Å². The predicted octanol–water partition coefficient (Wildman–Crippen LogP) is 1.67. The Bertz CT molecular complexity index is 673. The second kappa shape index (κ2) is 6.80. The normalized spacial score (nSPS) is 13.0. The van der Waals surface area contributed by atoms with Crippen LogP contribution in [-0.2, 0) is 16.4 Å². The zero-order valence-corrected chi connectivity index (χ0v) is 12.2. The van der Waals surface area contributed by atoms with E-state index < -0.39 is 21.9 Å². The summed E-state index contributed by atoms with van der Waals surface area (Å²) >= 11 is 0. The molecule has 0 aliphatic heterocycles. The smallest absolute Gasteiger partial charge is 0.240 e. The van der Waals surface area contributed by atoms with Crippen LogP contribution in [0.15, 0.2) is 59.5 Å². The maximum Gasteiger partial charge on any atom is 0.240 e. The molecule has 1 unspecified atom stereocenters. The van der Waals surface area contributed by atoms with Gasteiger partial charge in [-0.2, -0.15) is 0 Å². The van der Waals surface area contributed by atoms with Crippen LogP contribution >= 0.6 is 0 Å². The molecule has 0 heterocycles. The first-order valence-corrected chi connectivity index (χ1v) is 8.01. The molecule has 0 bridgehead atoms. The van der Waals surface area contributed by atoms with E-state index in [9.17, 15) is 12.8 Å². The number of nitrogens with two attached hydrogens (primary N) is 1. The summed E-state index contributed by atoms with van der Waals surface area (Å²) < 4.78 is 39.8. The minimum absolute atomic E-state index is 0.0235. The highest BCUT2D eigenvalue weighted by Crippen LogP contribution is 2.11. The summed E-state index contributed by atoms with van der Waals surface area (Å²) in [4.78, 5) is 0.0235. The largest absolute Gasteiger partial charge is 0.329 e. The van der Waals surface area contributed by atoms with Crippen LogP contribution < -0.4 is 10.5 Å². The molecule has 0 saturated heterocycles. The van der Waals surface area contributed by atoms with Crippen molar-refractivity contribution < 1.29 is 12.8 Å². The number of halogens is 1. The maximum absolute atomic E-state index is 12.9. The van der Waals surface area contributed by atoms with Crippen LogP contribution in [0.25, 0.3) is 0 Å². The minimum atomic E-state index is -3.71. The third-order valence-corrected chi connectivity index (χ3v) is 4.59. The Labute approximate surface area is 123 Å². The molecule has 0 aliphatic carbocycles. The van der Waals surface area contributed by atoms with E-state index in [0.717, 1.165) is 17.7 Å². The number of hydrogen-bond donors (Lipinski definition) is 2. The second-order valence-electron chi connectivity index (χ2n) is 4.70. The average molecular weight is 308 g/mol. The van der Waals surface area contributed by atoms with E-state index in [1.54, 1.807) is 0 Å². The van der Waals surface area contributed by atoms with E-state index in [4.69, 9.17) is 5.73 Å². The lowest BCUT2D eigenvalue weighted by Crippen LogP contribution is -2.41. The number of benzene rings is 2. The molecule has 2 rings (SSSR count). The van der Waals surface area contributed by atoms with Gasteiger partial charge in [0, 0.05) is 12.6 Å². The van der Waals surface area contributed by atoms with E-state index in [-0.39, 0.29) is 11.4 Å². The number of nitrogens with one attached hydrogen (secondary N) is 1. The van der Waals surface area contributed by atoms with E-state index in [1.807, 2.05) is 30.3 Å². The highest BCUT2D eigenvalue weighted by molar-refractivity contribution is 7.89. The molecule has 112 valence electrons. The zero-order chi connectivity index (χ0) is 15.3. The molecule has 0 fully saturated rings. The molecule has 0 spiro atoms. The van der Waals surface area contributed by atoms with Crippen molar-refractivity contribution in [1.82, 2.24) is 4.72 Å². The van der Waals surface area contributed by atoms with Crippen LogP contribution in [0.1, 0.15) is 5.56 Å². The molecule has 1 atom stereocenters. The molecular formula is C15H17FN2O2S. The molecule has 0 aliphatic rings. The lowest BCUT2D eigenvalue weighted by atomic mass is 10.1. The summed E-state index contributed by atoms with van der Waals surface area (Å²) in [7, 11) is -3.71. The molecule has 0 radical (unpaired) electrons. The number of sulfonamides is 1. The first-order valence-electron chi connectivity index (χ1n) is 6.53. The zero-order valence-electron chi connectivity index (χ0n) is 11.4. The Morgan fingerprint density at radius 2 is 1.67 bits per heavy atom. The predicted molar refractivity (Wildman–Crippen MR) is 79.7 cm³/mol. The van der Waals surface area contributed by atoms with Crippen LogP contribution in [0.2, 0.25) is 0 Å². The topological polar surface area (TPSA) is 72.2 Å². The van der Waals surface area contributed by atoms with Gasteiger partial charge >= 0.3 is 0 Å². The van der Waals surface area contributed by atoms with Gasteiger partial charge in [-0.1, -0.05) is 30.3 Å². The van der Waals surface area contributed by atoms with Crippen LogP contribution in [0, 0.1) is 5.82 Å². The standard InChI is InChI=1S/C15H17FN2O2S/c16-13-6-8-15(9-7-13)21(19,20)18-14(11-17)10-12-4-2-1-3-5-12/h1-9,14,18H,10-11,17H2. The third kappa shape index (κ3) is 4.35. The van der Waals surface area contributed by atoms with Gasteiger partial charge in [0.05, 0.1) is 4.90 Å². The summed E-state index contributed by atoms with van der Waals surface area (Å²) in [5, 5.41) is 0. The Morgan fingerprint density at radius 3 is 2.24 bits per heavy atom. The summed E-state index contributed by atoms with van der Waals surface area (Å²) in [5.74, 6) is -0.478. The van der Waals surface area contributed by atoms with Crippen molar-refractivity contribution in [2.45, 2.75) is 17.4 Å². The van der Waals surface area contributed by atoms with Crippen LogP contribution in [0.5, 0.6) is 0 Å². The van der Waals surface area contributed by atoms with Crippen molar-refractivity contribution in [1.29, 1.82) is 0 Å². The van der Waals surface area contributed by atoms with Crippen molar-refractivity contribution in [3.63, 3.8) is 0 Å². The van der Waals surface area contributed by atoms with Crippen molar-refractivity contribution in [3.05, 3.63) is 66.0 Å². The van der Waals surface area contributed by atoms with Crippen molar-refractivity contribution in [3.8, 4) is 0 Å². The van der Waals surface area contributed by atoms with Crippen LogP contribution in [0.3, 0.4) is 0 Å². The Morgan fingerprint density at radius 1 is 1.05 bits per heavy atom. The molecule has 2 aromatic rings. The Balaban J connectivity index is 2.12. The summed E-state index contributed by atoms with van der Waals surface area (Å²) in [6.45, 7) is 0.176. The van der Waals surface area contributed by atoms with Crippen LogP contribution in [0.4, 0.5) is 4.39 Å². The van der Waals surface area contributed by atoms with Gasteiger partial charge in [0.2, 0.25) is 10.0 Å². The van der Waals surface area contributed by atoms with Gasteiger partial charge in [0.15, 0.2) is 0 Å². The van der Waals surface area contributed by atoms with E-state index in [1.165, 1.54) is 12.1 Å². The Kier molecular flexibility index (Phi) is 5.06. The van der Waals surface area contributed by atoms with Crippen molar-refractivity contribution >= 4 is 10.0 Å². The fraction of sp³-hybridized carbons (Fsp3) is 0.200. The van der Waals surface area contributed by atoms with Gasteiger partial charge < -0.3 is 5.73 Å². The number of rotatable bonds is 6. The maximum atomic E-state index is 12.9. The van der Waals surface area contributed by atoms with Crippen LogP contribution in [-0.4, -0.2) is 21.0 Å². The van der Waals surface area contributed by atoms with Gasteiger partial charge in [-0.05, 0) is 36.2 Å². The fourth-order valence-electron chi connectivity index (χ4n) is 1.97. The summed E-state index contributed by atoms with van der Waals surface area (Å²) in [6.07, 6.45) is 0.498. The summed E-state index contributed by atoms with van der Waals surface area (Å²) in [6, 6.07) is 13.8. The highest BCUT2D eigenvalue weighted by Gasteiger charge is 2.19. The quantitative estimate of drug-likeness (QED) is 0.853. The van der Waals surface area contributed by atoms with Gasteiger partial charge in [0.1, 0.15) is 5.82 Å². The number of hydrogen-bond acceptors (Lipinski definition) is 3. The first-order chi connectivity index (χ1) is 10.0. The molecule has 0 aromatic heterocycles. The van der Waals surface area contributed by atoms with Crippen molar-refractivity contribution in [2.24, 2.45) is 5.73 Å². The fourth-order valence-corrected chi connectivity index (χ4v) is 3.22. The average Bonchev–Trinajstić information content (AvgIpc) is 2.48. The minimum Gasteiger partial charge on any atom is -0.329 e. The molecule has 6 heteroatoms. The van der Waals surface area contributed by atoms with Gasteiger partial charge in [0.25, 0.3) is 0 Å². The molecule has 21 heavy (non-hydrogen) atoms. The monoisotopic (exact) mass is 308 g/mol. The molecule has 0 amide bonds. The summed E-state index contributed by atoms with van der Waals surface area (Å²) in [5.41, 5.74) is 6.64. The molecule has 2 aromatic carbocycles. The van der Waals surface area contributed by atoms with Gasteiger partial charge in [-0.15, -0.1) is 0 Å². The third-order valence-electron chi connectivity index (χ3n) is 3.06. The molecule has 0 saturated carbocycles. The molecular weight excluding hydrogens is 291 g/mol. The molecule has 4 nitrogen and oxygen atoms in total. The second-order valence-corrected chi connectivity index (χ2v) is 6.41. The molecule has 3 N–H and O–H groups in total. The first kappa shape index (κ1) is 15.6. The van der Waals surface area contributed by atoms with Gasteiger partial charge in [-0.25, -0.2) is 17.5 Å². The van der Waals surface area contributed by atoms with E-state index >= 15 is 0 Å². The van der Waals surface area contributed by atoms with E-state index in [0.29, 0.717) is 6.42 Å².